The maximum absolute atomic E-state index is 12.3. The summed E-state index contributed by atoms with van der Waals surface area (Å²) in [6, 6.07) is 8.12. The summed E-state index contributed by atoms with van der Waals surface area (Å²) in [5.74, 6) is 0.794. The smallest absolute Gasteiger partial charge is 0.260 e. The number of likely N-dealkylation sites (tertiary alicyclic amines) is 1. The first-order valence-electron chi connectivity index (χ1n) is 7.84. The number of carbonyl (C=O) groups is 1. The number of amides is 1. The van der Waals surface area contributed by atoms with Gasteiger partial charge in [0.15, 0.2) is 6.61 Å². The van der Waals surface area contributed by atoms with Gasteiger partial charge in [-0.1, -0.05) is 12.1 Å². The van der Waals surface area contributed by atoms with Crippen molar-refractivity contribution in [2.75, 3.05) is 45.9 Å². The number of rotatable bonds is 4. The Morgan fingerprint density at radius 3 is 2.82 bits per heavy atom. The van der Waals surface area contributed by atoms with Crippen LogP contribution < -0.4 is 10.1 Å². The highest BCUT2D eigenvalue weighted by Gasteiger charge is 2.30. The zero-order valence-electron chi connectivity index (χ0n) is 12.6. The van der Waals surface area contributed by atoms with Gasteiger partial charge in [-0.3, -0.25) is 9.69 Å². The Balaban J connectivity index is 1.48. The van der Waals surface area contributed by atoms with E-state index in [9.17, 15) is 4.79 Å². The standard InChI is InChI=1S/C16H22BrN3O2/c17-14-3-1-2-4-15(14)22-12-16(21)20-8-5-13(11-20)19-9-6-18-7-10-19/h1-4,13,18H,5-12H2. The number of halogens is 1. The number of para-hydroxylation sites is 1. The number of hydrogen-bond donors (Lipinski definition) is 1. The van der Waals surface area contributed by atoms with E-state index >= 15 is 0 Å². The summed E-state index contributed by atoms with van der Waals surface area (Å²) in [6.07, 6.45) is 1.07. The van der Waals surface area contributed by atoms with Gasteiger partial charge in [-0.05, 0) is 34.5 Å². The summed E-state index contributed by atoms with van der Waals surface area (Å²) in [5.41, 5.74) is 0. The molecular formula is C16H22BrN3O2. The molecule has 5 nitrogen and oxygen atoms in total. The van der Waals surface area contributed by atoms with E-state index in [4.69, 9.17) is 4.74 Å². The number of nitrogens with one attached hydrogen (secondary N) is 1. The van der Waals surface area contributed by atoms with Crippen LogP contribution in [-0.2, 0) is 4.79 Å². The Bertz CT molecular complexity index is 520. The molecule has 3 rings (SSSR count). The molecule has 0 aromatic heterocycles. The lowest BCUT2D eigenvalue weighted by Gasteiger charge is -2.32. The number of ether oxygens (including phenoxy) is 1. The summed E-state index contributed by atoms with van der Waals surface area (Å²) in [7, 11) is 0. The van der Waals surface area contributed by atoms with Crippen molar-refractivity contribution in [1.29, 1.82) is 0 Å². The first kappa shape index (κ1) is 15.8. The van der Waals surface area contributed by atoms with Crippen molar-refractivity contribution in [3.05, 3.63) is 28.7 Å². The van der Waals surface area contributed by atoms with Gasteiger partial charge in [0.2, 0.25) is 0 Å². The highest BCUT2D eigenvalue weighted by Crippen LogP contribution is 2.24. The minimum atomic E-state index is 0.0772. The van der Waals surface area contributed by atoms with Crippen LogP contribution >= 0.6 is 15.9 Å². The minimum Gasteiger partial charge on any atom is -0.483 e. The second-order valence-electron chi connectivity index (χ2n) is 5.79. The van der Waals surface area contributed by atoms with Crippen LogP contribution in [0.4, 0.5) is 0 Å². The molecule has 22 heavy (non-hydrogen) atoms. The molecule has 0 saturated carbocycles. The predicted molar refractivity (Wildman–Crippen MR) is 89.1 cm³/mol. The van der Waals surface area contributed by atoms with E-state index in [1.165, 1.54) is 0 Å². The first-order valence-corrected chi connectivity index (χ1v) is 8.63. The molecule has 2 aliphatic heterocycles. The van der Waals surface area contributed by atoms with Gasteiger partial charge in [-0.25, -0.2) is 0 Å². The summed E-state index contributed by atoms with van der Waals surface area (Å²) >= 11 is 3.43. The highest BCUT2D eigenvalue weighted by atomic mass is 79.9. The first-order chi connectivity index (χ1) is 10.7. The maximum atomic E-state index is 12.3. The lowest BCUT2D eigenvalue weighted by atomic mass is 10.2. The quantitative estimate of drug-likeness (QED) is 0.871. The molecule has 0 bridgehead atoms. The molecule has 0 aliphatic carbocycles. The van der Waals surface area contributed by atoms with E-state index in [-0.39, 0.29) is 12.5 Å². The van der Waals surface area contributed by atoms with Crippen molar-refractivity contribution < 1.29 is 9.53 Å². The van der Waals surface area contributed by atoms with Crippen molar-refractivity contribution in [2.24, 2.45) is 0 Å². The highest BCUT2D eigenvalue weighted by molar-refractivity contribution is 9.10. The van der Waals surface area contributed by atoms with Gasteiger partial charge in [0, 0.05) is 45.3 Å². The van der Waals surface area contributed by atoms with Crippen molar-refractivity contribution in [3.63, 3.8) is 0 Å². The maximum Gasteiger partial charge on any atom is 0.260 e. The zero-order valence-corrected chi connectivity index (χ0v) is 14.2. The topological polar surface area (TPSA) is 44.8 Å². The van der Waals surface area contributed by atoms with E-state index in [0.717, 1.165) is 50.2 Å². The van der Waals surface area contributed by atoms with Crippen LogP contribution in [-0.4, -0.2) is 67.6 Å². The molecule has 120 valence electrons. The Labute approximate surface area is 139 Å². The number of carbonyl (C=O) groups excluding carboxylic acids is 1. The molecule has 2 heterocycles. The number of hydrogen-bond acceptors (Lipinski definition) is 4. The molecule has 2 fully saturated rings. The predicted octanol–water partition coefficient (Wildman–Crippen LogP) is 1.33. The number of piperazine rings is 1. The monoisotopic (exact) mass is 367 g/mol. The van der Waals surface area contributed by atoms with Crippen molar-refractivity contribution in [3.8, 4) is 5.75 Å². The van der Waals surface area contributed by atoms with E-state index in [1.54, 1.807) is 0 Å². The van der Waals surface area contributed by atoms with Crippen molar-refractivity contribution in [1.82, 2.24) is 15.1 Å². The van der Waals surface area contributed by atoms with Gasteiger partial charge in [-0.2, -0.15) is 0 Å². The molecule has 2 aliphatic rings. The fourth-order valence-corrected chi connectivity index (χ4v) is 3.51. The third-order valence-electron chi connectivity index (χ3n) is 4.37. The normalized spacial score (nSPS) is 22.8. The average Bonchev–Trinajstić information content (AvgIpc) is 3.05. The Kier molecular flexibility index (Phi) is 5.33. The lowest BCUT2D eigenvalue weighted by molar-refractivity contribution is -0.132. The summed E-state index contributed by atoms with van der Waals surface area (Å²) in [5, 5.41) is 3.37. The Morgan fingerprint density at radius 2 is 2.05 bits per heavy atom. The molecule has 0 radical (unpaired) electrons. The van der Waals surface area contributed by atoms with Crippen LogP contribution in [0.1, 0.15) is 6.42 Å². The third-order valence-corrected chi connectivity index (χ3v) is 5.03. The van der Waals surface area contributed by atoms with Crippen LogP contribution in [0.3, 0.4) is 0 Å². The summed E-state index contributed by atoms with van der Waals surface area (Å²) < 4.78 is 6.51. The SMILES string of the molecule is O=C(COc1ccccc1Br)N1CCC(N2CCNCC2)C1. The molecule has 1 amide bonds. The number of nitrogens with zero attached hydrogens (tertiary/aromatic N) is 2. The van der Waals surface area contributed by atoms with Gasteiger partial charge in [0.05, 0.1) is 4.47 Å². The molecule has 1 aromatic carbocycles. The van der Waals surface area contributed by atoms with E-state index in [2.05, 4.69) is 26.1 Å². The van der Waals surface area contributed by atoms with Crippen molar-refractivity contribution in [2.45, 2.75) is 12.5 Å². The second-order valence-corrected chi connectivity index (χ2v) is 6.64. The fraction of sp³-hybridized carbons (Fsp3) is 0.562. The molecular weight excluding hydrogens is 346 g/mol. The van der Waals surface area contributed by atoms with Gasteiger partial charge in [0.1, 0.15) is 5.75 Å². The third kappa shape index (κ3) is 3.80. The van der Waals surface area contributed by atoms with E-state index in [0.29, 0.717) is 11.8 Å². The largest absolute Gasteiger partial charge is 0.483 e. The van der Waals surface area contributed by atoms with Crippen LogP contribution in [0.5, 0.6) is 5.75 Å². The molecule has 6 heteroatoms. The zero-order chi connectivity index (χ0) is 15.4. The van der Waals surface area contributed by atoms with Gasteiger partial charge in [0.25, 0.3) is 5.91 Å². The van der Waals surface area contributed by atoms with Gasteiger partial charge in [-0.15, -0.1) is 0 Å². The molecule has 2 saturated heterocycles. The lowest BCUT2D eigenvalue weighted by Crippen LogP contribution is -2.49. The molecule has 1 N–H and O–H groups in total. The molecule has 1 atom stereocenters. The molecule has 0 spiro atoms. The van der Waals surface area contributed by atoms with Gasteiger partial charge >= 0.3 is 0 Å². The second kappa shape index (κ2) is 7.44. The van der Waals surface area contributed by atoms with E-state index in [1.807, 2.05) is 29.2 Å². The van der Waals surface area contributed by atoms with Gasteiger partial charge < -0.3 is 15.0 Å². The molecule has 1 unspecified atom stereocenters. The Morgan fingerprint density at radius 1 is 1.27 bits per heavy atom. The van der Waals surface area contributed by atoms with Crippen LogP contribution in [0.2, 0.25) is 0 Å². The van der Waals surface area contributed by atoms with E-state index < -0.39 is 0 Å². The van der Waals surface area contributed by atoms with Crippen LogP contribution in [0.15, 0.2) is 28.7 Å². The molecule has 1 aromatic rings. The number of benzene rings is 1. The fourth-order valence-electron chi connectivity index (χ4n) is 3.11. The van der Waals surface area contributed by atoms with Crippen LogP contribution in [0.25, 0.3) is 0 Å². The average molecular weight is 368 g/mol. The van der Waals surface area contributed by atoms with Crippen molar-refractivity contribution >= 4 is 21.8 Å². The van der Waals surface area contributed by atoms with Crippen LogP contribution in [0, 0.1) is 0 Å². The minimum absolute atomic E-state index is 0.0772. The summed E-state index contributed by atoms with van der Waals surface area (Å²) in [4.78, 5) is 16.7. The Hall–Kier alpha value is -1.11. The summed E-state index contributed by atoms with van der Waals surface area (Å²) in [6.45, 7) is 6.05.